The Morgan fingerprint density at radius 2 is 1.95 bits per heavy atom. The fourth-order valence-electron chi connectivity index (χ4n) is 1.89. The SMILES string of the molecule is O=C(O)CN(C(=O)CCNC1CC1)c1ccc(Cl)cc1. The highest BCUT2D eigenvalue weighted by Gasteiger charge is 2.22. The fourth-order valence-corrected chi connectivity index (χ4v) is 2.01. The summed E-state index contributed by atoms with van der Waals surface area (Å²) >= 11 is 5.80. The first kappa shape index (κ1) is 14.8. The highest BCUT2D eigenvalue weighted by atomic mass is 35.5. The number of halogens is 1. The summed E-state index contributed by atoms with van der Waals surface area (Å²) in [5.74, 6) is -1.24. The summed E-state index contributed by atoms with van der Waals surface area (Å²) in [6.45, 7) is 0.233. The van der Waals surface area contributed by atoms with Crippen molar-refractivity contribution in [2.45, 2.75) is 25.3 Å². The Labute approximate surface area is 122 Å². The average molecular weight is 297 g/mol. The van der Waals surface area contributed by atoms with Gasteiger partial charge in [0, 0.05) is 29.7 Å². The molecule has 0 spiro atoms. The molecule has 1 aromatic rings. The summed E-state index contributed by atoms with van der Waals surface area (Å²) < 4.78 is 0. The Kier molecular flexibility index (Phi) is 4.98. The molecular formula is C14H17ClN2O3. The van der Waals surface area contributed by atoms with Crippen molar-refractivity contribution in [2.75, 3.05) is 18.0 Å². The lowest BCUT2D eigenvalue weighted by atomic mass is 10.2. The van der Waals surface area contributed by atoms with Crippen LogP contribution in [-0.2, 0) is 9.59 Å². The van der Waals surface area contributed by atoms with E-state index < -0.39 is 5.97 Å². The van der Waals surface area contributed by atoms with Gasteiger partial charge in [-0.2, -0.15) is 0 Å². The van der Waals surface area contributed by atoms with Crippen LogP contribution in [0.1, 0.15) is 19.3 Å². The van der Waals surface area contributed by atoms with Gasteiger partial charge in [-0.1, -0.05) is 11.6 Å². The van der Waals surface area contributed by atoms with Crippen LogP contribution < -0.4 is 10.2 Å². The molecule has 0 heterocycles. The zero-order chi connectivity index (χ0) is 14.5. The summed E-state index contributed by atoms with van der Waals surface area (Å²) in [5, 5.41) is 12.7. The molecule has 1 saturated carbocycles. The summed E-state index contributed by atoms with van der Waals surface area (Å²) in [4.78, 5) is 24.3. The number of carbonyl (C=O) groups is 2. The molecule has 1 aromatic carbocycles. The zero-order valence-electron chi connectivity index (χ0n) is 11.0. The molecule has 0 radical (unpaired) electrons. The van der Waals surface area contributed by atoms with E-state index in [0.29, 0.717) is 23.3 Å². The van der Waals surface area contributed by atoms with E-state index >= 15 is 0 Å². The van der Waals surface area contributed by atoms with E-state index in [1.54, 1.807) is 24.3 Å². The lowest BCUT2D eigenvalue weighted by molar-refractivity contribution is -0.136. The quantitative estimate of drug-likeness (QED) is 0.806. The van der Waals surface area contributed by atoms with E-state index in [9.17, 15) is 9.59 Å². The molecule has 0 aromatic heterocycles. The number of hydrogen-bond acceptors (Lipinski definition) is 3. The summed E-state index contributed by atoms with van der Waals surface area (Å²) in [5.41, 5.74) is 0.549. The summed E-state index contributed by atoms with van der Waals surface area (Å²) in [7, 11) is 0. The summed E-state index contributed by atoms with van der Waals surface area (Å²) in [6.07, 6.45) is 2.60. The van der Waals surface area contributed by atoms with Crippen molar-refractivity contribution in [3.8, 4) is 0 Å². The van der Waals surface area contributed by atoms with Crippen molar-refractivity contribution in [3.05, 3.63) is 29.3 Å². The minimum Gasteiger partial charge on any atom is -0.480 e. The maximum atomic E-state index is 12.2. The largest absolute Gasteiger partial charge is 0.480 e. The molecule has 2 rings (SSSR count). The molecule has 0 unspecified atom stereocenters. The van der Waals surface area contributed by atoms with Crippen molar-refractivity contribution in [3.63, 3.8) is 0 Å². The van der Waals surface area contributed by atoms with Crippen LogP contribution in [0.25, 0.3) is 0 Å². The highest BCUT2D eigenvalue weighted by molar-refractivity contribution is 6.30. The molecule has 5 nitrogen and oxygen atoms in total. The van der Waals surface area contributed by atoms with Crippen LogP contribution >= 0.6 is 11.6 Å². The Balaban J connectivity index is 1.99. The number of aliphatic carboxylic acids is 1. The van der Waals surface area contributed by atoms with Gasteiger partial charge in [-0.05, 0) is 37.1 Å². The third-order valence-corrected chi connectivity index (χ3v) is 3.33. The lowest BCUT2D eigenvalue weighted by Crippen LogP contribution is -2.37. The number of amides is 1. The van der Waals surface area contributed by atoms with Crippen LogP contribution in [0.15, 0.2) is 24.3 Å². The molecule has 0 atom stereocenters. The van der Waals surface area contributed by atoms with Gasteiger partial charge in [-0.25, -0.2) is 0 Å². The van der Waals surface area contributed by atoms with Crippen LogP contribution in [-0.4, -0.2) is 36.1 Å². The number of carboxylic acid groups (broad SMARTS) is 1. The van der Waals surface area contributed by atoms with Gasteiger partial charge in [0.2, 0.25) is 5.91 Å². The molecule has 0 saturated heterocycles. The number of carbonyl (C=O) groups excluding carboxylic acids is 1. The Morgan fingerprint density at radius 1 is 1.30 bits per heavy atom. The molecule has 2 N–H and O–H groups in total. The van der Waals surface area contributed by atoms with Crippen molar-refractivity contribution in [1.82, 2.24) is 5.32 Å². The van der Waals surface area contributed by atoms with Crippen LogP contribution in [0.5, 0.6) is 0 Å². The molecule has 1 amide bonds. The smallest absolute Gasteiger partial charge is 0.323 e. The molecule has 20 heavy (non-hydrogen) atoms. The van der Waals surface area contributed by atoms with Gasteiger partial charge < -0.3 is 15.3 Å². The standard InChI is InChI=1S/C14H17ClN2O3/c15-10-1-5-12(6-2-10)17(9-14(19)20)13(18)7-8-16-11-3-4-11/h1-2,5-6,11,16H,3-4,7-9H2,(H,19,20). The predicted molar refractivity (Wildman–Crippen MR) is 77.1 cm³/mol. The Bertz CT molecular complexity index is 486. The molecule has 1 aliphatic carbocycles. The molecule has 0 bridgehead atoms. The van der Waals surface area contributed by atoms with E-state index in [1.807, 2.05) is 0 Å². The number of nitrogens with one attached hydrogen (secondary N) is 1. The van der Waals surface area contributed by atoms with E-state index in [1.165, 1.54) is 4.90 Å². The number of rotatable bonds is 7. The van der Waals surface area contributed by atoms with Gasteiger partial charge in [-0.15, -0.1) is 0 Å². The Morgan fingerprint density at radius 3 is 2.50 bits per heavy atom. The van der Waals surface area contributed by atoms with Gasteiger partial charge in [0.15, 0.2) is 0 Å². The van der Waals surface area contributed by atoms with E-state index in [0.717, 1.165) is 12.8 Å². The molecule has 6 heteroatoms. The van der Waals surface area contributed by atoms with Crippen LogP contribution in [0.4, 0.5) is 5.69 Å². The minimum absolute atomic E-state index is 0.206. The van der Waals surface area contributed by atoms with Crippen molar-refractivity contribution >= 4 is 29.2 Å². The van der Waals surface area contributed by atoms with Crippen LogP contribution in [0, 0.1) is 0 Å². The number of anilines is 1. The van der Waals surface area contributed by atoms with Crippen LogP contribution in [0.2, 0.25) is 5.02 Å². The van der Waals surface area contributed by atoms with Gasteiger partial charge in [-0.3, -0.25) is 9.59 Å². The van der Waals surface area contributed by atoms with E-state index in [4.69, 9.17) is 16.7 Å². The maximum absolute atomic E-state index is 12.2. The maximum Gasteiger partial charge on any atom is 0.323 e. The fraction of sp³-hybridized carbons (Fsp3) is 0.429. The first-order valence-corrected chi connectivity index (χ1v) is 6.95. The normalized spacial score (nSPS) is 14.1. The van der Waals surface area contributed by atoms with E-state index in [2.05, 4.69) is 5.32 Å². The molecule has 1 fully saturated rings. The van der Waals surface area contributed by atoms with Crippen molar-refractivity contribution < 1.29 is 14.7 Å². The average Bonchev–Trinajstić information content (AvgIpc) is 3.21. The number of nitrogens with zero attached hydrogens (tertiary/aromatic N) is 1. The Hall–Kier alpha value is -1.59. The van der Waals surface area contributed by atoms with Gasteiger partial charge in [0.1, 0.15) is 6.54 Å². The second-order valence-electron chi connectivity index (χ2n) is 4.83. The second-order valence-corrected chi connectivity index (χ2v) is 5.26. The molecule has 108 valence electrons. The van der Waals surface area contributed by atoms with Crippen molar-refractivity contribution in [2.24, 2.45) is 0 Å². The molecule has 0 aliphatic heterocycles. The number of hydrogen-bond donors (Lipinski definition) is 2. The lowest BCUT2D eigenvalue weighted by Gasteiger charge is -2.21. The third-order valence-electron chi connectivity index (χ3n) is 3.08. The highest BCUT2D eigenvalue weighted by Crippen LogP contribution is 2.20. The van der Waals surface area contributed by atoms with Gasteiger partial charge >= 0.3 is 5.97 Å². The summed E-state index contributed by atoms with van der Waals surface area (Å²) in [6, 6.07) is 7.11. The minimum atomic E-state index is -1.04. The van der Waals surface area contributed by atoms with Gasteiger partial charge in [0.05, 0.1) is 0 Å². The first-order valence-electron chi connectivity index (χ1n) is 6.57. The second kappa shape index (κ2) is 6.72. The monoisotopic (exact) mass is 296 g/mol. The number of benzene rings is 1. The first-order chi connectivity index (χ1) is 9.56. The number of carboxylic acids is 1. The topological polar surface area (TPSA) is 69.6 Å². The third kappa shape index (κ3) is 4.51. The zero-order valence-corrected chi connectivity index (χ0v) is 11.8. The van der Waals surface area contributed by atoms with Crippen molar-refractivity contribution in [1.29, 1.82) is 0 Å². The predicted octanol–water partition coefficient (Wildman–Crippen LogP) is 1.90. The van der Waals surface area contributed by atoms with Gasteiger partial charge in [0.25, 0.3) is 0 Å². The molecule has 1 aliphatic rings. The molecular weight excluding hydrogens is 280 g/mol. The van der Waals surface area contributed by atoms with Crippen LogP contribution in [0.3, 0.4) is 0 Å². The van der Waals surface area contributed by atoms with E-state index in [-0.39, 0.29) is 18.9 Å².